The fraction of sp³-hybridized carbons (Fsp3) is 0.469. The zero-order valence-corrected chi connectivity index (χ0v) is 38.9. The molecule has 68 heavy (non-hydrogen) atoms. The Kier molecular flexibility index (Phi) is 17.3. The predicted molar refractivity (Wildman–Crippen MR) is 252 cm³/mol. The van der Waals surface area contributed by atoms with E-state index in [0.717, 1.165) is 61.7 Å². The van der Waals surface area contributed by atoms with Crippen molar-refractivity contribution < 1.29 is 52.4 Å². The Balaban J connectivity index is 0.632. The minimum atomic E-state index is -0.998. The molecule has 0 aliphatic carbocycles. The van der Waals surface area contributed by atoms with Crippen LogP contribution >= 0.6 is 11.8 Å². The largest absolute Gasteiger partial charge is 0.457 e. The van der Waals surface area contributed by atoms with Gasteiger partial charge in [0.15, 0.2) is 0 Å². The van der Waals surface area contributed by atoms with Gasteiger partial charge in [0.1, 0.15) is 34.6 Å². The van der Waals surface area contributed by atoms with E-state index in [2.05, 4.69) is 15.5 Å². The average molecular weight is 954 g/mol. The van der Waals surface area contributed by atoms with Gasteiger partial charge < -0.3 is 44.4 Å². The molecule has 2 saturated heterocycles. The molecular weight excluding hydrogens is 895 g/mol. The number of piperidine rings is 2. The first-order chi connectivity index (χ1) is 33.3. The molecule has 4 N–H and O–H groups in total. The second kappa shape index (κ2) is 24.1. The van der Waals surface area contributed by atoms with Crippen LogP contribution in [0.25, 0.3) is 11.3 Å². The van der Waals surface area contributed by atoms with E-state index >= 15 is 0 Å². The number of carbonyl (C=O) groups excluding carboxylic acids is 5. The number of imide groups is 2. The van der Waals surface area contributed by atoms with Crippen LogP contribution in [0.15, 0.2) is 77.7 Å². The van der Waals surface area contributed by atoms with E-state index in [1.165, 1.54) is 11.8 Å². The normalized spacial score (nSPS) is 18.6. The fourth-order valence-electron chi connectivity index (χ4n) is 9.03. The third-order valence-corrected chi connectivity index (χ3v) is 13.5. The van der Waals surface area contributed by atoms with Crippen LogP contribution in [0, 0.1) is 5.92 Å². The highest BCUT2D eigenvalue weighted by atomic mass is 32.2. The first-order valence-electron chi connectivity index (χ1n) is 23.3. The number of thioether (sulfide) groups is 1. The van der Waals surface area contributed by atoms with Crippen molar-refractivity contribution >= 4 is 47.1 Å². The highest BCUT2D eigenvalue weighted by molar-refractivity contribution is 7.99. The summed E-state index contributed by atoms with van der Waals surface area (Å²) in [6.07, 6.45) is 3.17. The number of likely N-dealkylation sites (tertiary alicyclic amines) is 1. The minimum Gasteiger partial charge on any atom is -0.457 e. The van der Waals surface area contributed by atoms with Gasteiger partial charge in [0, 0.05) is 35.7 Å². The number of para-hydroxylation sites is 1. The molecule has 0 saturated carbocycles. The Hall–Kier alpha value is -5.67. The molecule has 2 unspecified atom stereocenters. The number of hydrogen-bond acceptors (Lipinski definition) is 15. The summed E-state index contributed by atoms with van der Waals surface area (Å²) in [5.41, 5.74) is 8.31. The van der Waals surface area contributed by atoms with E-state index in [0.29, 0.717) is 105 Å². The van der Waals surface area contributed by atoms with Crippen molar-refractivity contribution in [2.24, 2.45) is 11.7 Å². The standard InChI is InChI=1S/C49H59N7O11S/c50-45(58)43-44(34-9-11-36(12-10-34)67-35-5-2-1-3-6-35)53-56-38(15-18-51-46(43)56)33-16-19-54(20-17-33)21-22-62-23-24-63-25-26-64-27-28-65-29-30-66-31-32-68-40-8-4-7-37-42(40)49(61)55(48(37)60)39-13-14-41(57)52-47(39)59/h1-12,33,38-39,51H,13-32H2,(H2,50,58)(H,52,57,59). The van der Waals surface area contributed by atoms with Crippen LogP contribution in [0.4, 0.5) is 5.82 Å². The lowest BCUT2D eigenvalue weighted by molar-refractivity contribution is -0.136. The molecule has 0 bridgehead atoms. The highest BCUT2D eigenvalue weighted by Gasteiger charge is 2.45. The summed E-state index contributed by atoms with van der Waals surface area (Å²) in [7, 11) is 0. The third kappa shape index (κ3) is 12.1. The summed E-state index contributed by atoms with van der Waals surface area (Å²) in [6.45, 7) is 8.17. The third-order valence-electron chi connectivity index (χ3n) is 12.4. The molecule has 0 spiro atoms. The predicted octanol–water partition coefficient (Wildman–Crippen LogP) is 4.79. The molecule has 2 atom stereocenters. The summed E-state index contributed by atoms with van der Waals surface area (Å²) in [5.74, 6) is 0.542. The van der Waals surface area contributed by atoms with Crippen LogP contribution in [-0.4, -0.2) is 153 Å². The molecule has 0 radical (unpaired) electrons. The summed E-state index contributed by atoms with van der Waals surface area (Å²) >= 11 is 1.40. The van der Waals surface area contributed by atoms with E-state index < -0.39 is 35.6 Å². The molecule has 4 aromatic rings. The monoisotopic (exact) mass is 953 g/mol. The number of fused-ring (bicyclic) bond motifs is 2. The van der Waals surface area contributed by atoms with Crippen LogP contribution in [-0.2, 0) is 33.3 Å². The van der Waals surface area contributed by atoms with Gasteiger partial charge in [0.25, 0.3) is 17.7 Å². The van der Waals surface area contributed by atoms with Gasteiger partial charge in [-0.1, -0.05) is 24.3 Å². The molecule has 18 nitrogen and oxygen atoms in total. The van der Waals surface area contributed by atoms with E-state index in [1.54, 1.807) is 18.2 Å². The van der Waals surface area contributed by atoms with Gasteiger partial charge in [-0.3, -0.25) is 34.2 Å². The van der Waals surface area contributed by atoms with Crippen molar-refractivity contribution in [1.29, 1.82) is 0 Å². The number of benzene rings is 3. The Morgan fingerprint density at radius 2 is 1.37 bits per heavy atom. The SMILES string of the molecule is NC(=O)c1c(-c2ccc(Oc3ccccc3)cc2)nn2c1NCCC2C1CCN(CCOCCOCCOCCOCCOCCSc2cccc3c2C(=O)N(C2CCC(=O)NC2=O)C3=O)CC1. The molecule has 1 aromatic heterocycles. The summed E-state index contributed by atoms with van der Waals surface area (Å²) < 4.78 is 36.4. The van der Waals surface area contributed by atoms with Crippen molar-refractivity contribution in [3.8, 4) is 22.8 Å². The van der Waals surface area contributed by atoms with Crippen molar-refractivity contribution in [3.63, 3.8) is 0 Å². The maximum Gasteiger partial charge on any atom is 0.263 e. The molecule has 8 rings (SSSR count). The van der Waals surface area contributed by atoms with Gasteiger partial charge in [0.05, 0.1) is 83.2 Å². The summed E-state index contributed by atoms with van der Waals surface area (Å²) in [5, 5.41) is 10.6. The van der Waals surface area contributed by atoms with E-state index in [-0.39, 0.29) is 30.0 Å². The van der Waals surface area contributed by atoms with Crippen LogP contribution in [0.5, 0.6) is 11.5 Å². The molecule has 362 valence electrons. The number of primary amides is 1. The maximum absolute atomic E-state index is 13.3. The van der Waals surface area contributed by atoms with Crippen molar-refractivity contribution in [2.75, 3.05) is 103 Å². The first-order valence-corrected chi connectivity index (χ1v) is 24.3. The lowest BCUT2D eigenvalue weighted by Crippen LogP contribution is -2.54. The highest BCUT2D eigenvalue weighted by Crippen LogP contribution is 2.40. The number of nitrogens with zero attached hydrogens (tertiary/aromatic N) is 4. The number of aromatic nitrogens is 2. The lowest BCUT2D eigenvalue weighted by atomic mass is 9.87. The maximum atomic E-state index is 13.3. The minimum absolute atomic E-state index is 0.0727. The average Bonchev–Trinajstić information content (AvgIpc) is 3.87. The number of amides is 5. The zero-order chi connectivity index (χ0) is 47.2. The number of carbonyl (C=O) groups is 5. The summed E-state index contributed by atoms with van der Waals surface area (Å²) in [6, 6.07) is 21.4. The Morgan fingerprint density at radius 3 is 2.03 bits per heavy atom. The topological polar surface area (TPSA) is 215 Å². The zero-order valence-electron chi connectivity index (χ0n) is 38.1. The Morgan fingerprint density at radius 1 is 0.721 bits per heavy atom. The lowest BCUT2D eigenvalue weighted by Gasteiger charge is -2.38. The number of anilines is 1. The Labute approximate surface area is 399 Å². The second-order valence-electron chi connectivity index (χ2n) is 16.8. The molecular formula is C49H59N7O11S. The van der Waals surface area contributed by atoms with E-state index in [1.807, 2.05) is 59.3 Å². The number of nitrogens with one attached hydrogen (secondary N) is 2. The van der Waals surface area contributed by atoms with Gasteiger partial charge >= 0.3 is 0 Å². The molecule has 5 heterocycles. The van der Waals surface area contributed by atoms with Gasteiger partial charge in [-0.15, -0.1) is 11.8 Å². The van der Waals surface area contributed by atoms with Crippen molar-refractivity contribution in [3.05, 3.63) is 89.5 Å². The van der Waals surface area contributed by atoms with Crippen LogP contribution in [0.2, 0.25) is 0 Å². The van der Waals surface area contributed by atoms with Gasteiger partial charge in [-0.25, -0.2) is 4.68 Å². The fourth-order valence-corrected chi connectivity index (χ4v) is 9.97. The molecule has 3 aromatic carbocycles. The molecule has 4 aliphatic heterocycles. The molecule has 5 amide bonds. The van der Waals surface area contributed by atoms with Gasteiger partial charge in [0.2, 0.25) is 11.8 Å². The number of hydrogen-bond donors (Lipinski definition) is 3. The van der Waals surface area contributed by atoms with Gasteiger partial charge in [-0.2, -0.15) is 5.10 Å². The smallest absolute Gasteiger partial charge is 0.263 e. The number of nitrogens with two attached hydrogens (primary N) is 1. The van der Waals surface area contributed by atoms with Crippen LogP contribution in [0.3, 0.4) is 0 Å². The van der Waals surface area contributed by atoms with Crippen molar-refractivity contribution in [2.45, 2.75) is 49.1 Å². The first kappa shape index (κ1) is 48.8. The van der Waals surface area contributed by atoms with Crippen LogP contribution < -0.4 is 21.1 Å². The molecule has 4 aliphatic rings. The number of rotatable bonds is 25. The second-order valence-corrected chi connectivity index (χ2v) is 18.0. The molecule has 2 fully saturated rings. The van der Waals surface area contributed by atoms with Gasteiger partial charge in [-0.05, 0) is 93.2 Å². The van der Waals surface area contributed by atoms with E-state index in [9.17, 15) is 24.0 Å². The van der Waals surface area contributed by atoms with Crippen LogP contribution in [0.1, 0.15) is 69.2 Å². The summed E-state index contributed by atoms with van der Waals surface area (Å²) in [4.78, 5) is 67.1. The van der Waals surface area contributed by atoms with Crippen molar-refractivity contribution in [1.82, 2.24) is 24.9 Å². The van der Waals surface area contributed by atoms with E-state index in [4.69, 9.17) is 39.3 Å². The number of ether oxygens (including phenoxy) is 6. The Bertz CT molecular complexity index is 2380. The molecule has 19 heteroatoms. The quantitative estimate of drug-likeness (QED) is 0.0463.